The van der Waals surface area contributed by atoms with Crippen LogP contribution in [0.2, 0.25) is 0 Å². The average Bonchev–Trinajstić information content (AvgIpc) is 2.90. The molecule has 3 nitrogen and oxygen atoms in total. The fraction of sp³-hybridized carbons (Fsp3) is 0.348. The van der Waals surface area contributed by atoms with Gasteiger partial charge in [0.2, 0.25) is 0 Å². The molecule has 0 fully saturated rings. The van der Waals surface area contributed by atoms with Crippen LogP contribution < -0.4 is 5.32 Å². The van der Waals surface area contributed by atoms with Crippen LogP contribution in [0.15, 0.2) is 48.5 Å². The molecular formula is C23H28N2O. The third-order valence-electron chi connectivity index (χ3n) is 5.30. The maximum atomic E-state index is 12.7. The second-order valence-electron chi connectivity index (χ2n) is 7.09. The molecule has 1 heterocycles. The molecule has 0 radical (unpaired) electrons. The fourth-order valence-corrected chi connectivity index (χ4v) is 3.61. The minimum absolute atomic E-state index is 0.00811. The first-order valence-electron chi connectivity index (χ1n) is 9.45. The number of benzene rings is 2. The van der Waals surface area contributed by atoms with E-state index in [9.17, 15) is 4.79 Å². The van der Waals surface area contributed by atoms with Gasteiger partial charge in [-0.3, -0.25) is 4.79 Å². The van der Waals surface area contributed by atoms with Crippen molar-refractivity contribution in [2.24, 2.45) is 0 Å². The van der Waals surface area contributed by atoms with Gasteiger partial charge in [0.15, 0.2) is 0 Å². The predicted molar refractivity (Wildman–Crippen MR) is 109 cm³/mol. The van der Waals surface area contributed by atoms with Crippen LogP contribution in [0.25, 0.3) is 10.9 Å². The van der Waals surface area contributed by atoms with Gasteiger partial charge in [-0.15, -0.1) is 0 Å². The molecule has 0 saturated heterocycles. The summed E-state index contributed by atoms with van der Waals surface area (Å²) in [5.41, 5.74) is 5.78. The summed E-state index contributed by atoms with van der Waals surface area (Å²) in [5.74, 6) is 0.00811. The van der Waals surface area contributed by atoms with Crippen molar-refractivity contribution in [3.05, 3.63) is 70.9 Å². The second kappa shape index (κ2) is 7.77. The molecule has 1 unspecified atom stereocenters. The largest absolute Gasteiger partial charge is 0.350 e. The Labute approximate surface area is 156 Å². The quantitative estimate of drug-likeness (QED) is 0.666. The minimum Gasteiger partial charge on any atom is -0.350 e. The SMILES string of the molecule is CCn1c(C)c(C)c2cc(C(=O)NC(C)CCc3ccccc3)ccc21. The van der Waals surface area contributed by atoms with Crippen molar-refractivity contribution in [3.63, 3.8) is 0 Å². The van der Waals surface area contributed by atoms with Crippen LogP contribution >= 0.6 is 0 Å². The van der Waals surface area contributed by atoms with Crippen LogP contribution in [0.4, 0.5) is 0 Å². The van der Waals surface area contributed by atoms with E-state index >= 15 is 0 Å². The van der Waals surface area contributed by atoms with E-state index in [0.717, 1.165) is 24.9 Å². The molecule has 26 heavy (non-hydrogen) atoms. The summed E-state index contributed by atoms with van der Waals surface area (Å²) in [6.45, 7) is 9.44. The number of carbonyl (C=O) groups excluding carboxylic acids is 1. The Balaban J connectivity index is 1.70. The topological polar surface area (TPSA) is 34.0 Å². The average molecular weight is 348 g/mol. The van der Waals surface area contributed by atoms with Crippen molar-refractivity contribution < 1.29 is 4.79 Å². The molecule has 0 bridgehead atoms. The molecule has 3 aromatic rings. The molecule has 0 aliphatic rings. The molecule has 0 aliphatic carbocycles. The molecule has 3 rings (SSSR count). The number of fused-ring (bicyclic) bond motifs is 1. The molecule has 1 amide bonds. The van der Waals surface area contributed by atoms with E-state index < -0.39 is 0 Å². The summed E-state index contributed by atoms with van der Waals surface area (Å²) in [4.78, 5) is 12.7. The monoisotopic (exact) mass is 348 g/mol. The number of aryl methyl sites for hydroxylation is 3. The van der Waals surface area contributed by atoms with E-state index in [0.29, 0.717) is 0 Å². The number of hydrogen-bond acceptors (Lipinski definition) is 1. The molecule has 136 valence electrons. The Morgan fingerprint density at radius 1 is 1.12 bits per heavy atom. The Kier molecular flexibility index (Phi) is 5.46. The van der Waals surface area contributed by atoms with Crippen LogP contribution in [-0.4, -0.2) is 16.5 Å². The summed E-state index contributed by atoms with van der Waals surface area (Å²) in [5, 5.41) is 4.32. The van der Waals surface area contributed by atoms with Crippen LogP contribution in [0.1, 0.15) is 47.4 Å². The maximum absolute atomic E-state index is 12.7. The minimum atomic E-state index is 0.00811. The van der Waals surface area contributed by atoms with Gasteiger partial charge >= 0.3 is 0 Å². The second-order valence-corrected chi connectivity index (χ2v) is 7.09. The fourth-order valence-electron chi connectivity index (χ4n) is 3.61. The lowest BCUT2D eigenvalue weighted by atomic mass is 10.1. The number of nitrogens with zero attached hydrogens (tertiary/aromatic N) is 1. The van der Waals surface area contributed by atoms with Gasteiger partial charge in [-0.25, -0.2) is 0 Å². The highest BCUT2D eigenvalue weighted by Crippen LogP contribution is 2.26. The van der Waals surface area contributed by atoms with Crippen LogP contribution in [0.5, 0.6) is 0 Å². The zero-order valence-electron chi connectivity index (χ0n) is 16.2. The first kappa shape index (κ1) is 18.2. The number of carbonyl (C=O) groups is 1. The summed E-state index contributed by atoms with van der Waals surface area (Å²) < 4.78 is 2.30. The first-order valence-corrected chi connectivity index (χ1v) is 9.45. The van der Waals surface area contributed by atoms with Gasteiger partial charge in [0.25, 0.3) is 5.91 Å². The molecule has 3 heteroatoms. The zero-order chi connectivity index (χ0) is 18.7. The Hall–Kier alpha value is -2.55. The summed E-state index contributed by atoms with van der Waals surface area (Å²) in [6, 6.07) is 16.6. The number of hydrogen-bond donors (Lipinski definition) is 1. The summed E-state index contributed by atoms with van der Waals surface area (Å²) in [6.07, 6.45) is 1.90. The molecule has 0 aliphatic heterocycles. The van der Waals surface area contributed by atoms with E-state index in [1.807, 2.05) is 18.2 Å². The van der Waals surface area contributed by atoms with Crippen LogP contribution in [-0.2, 0) is 13.0 Å². The van der Waals surface area contributed by atoms with Gasteiger partial charge in [0, 0.05) is 34.7 Å². The zero-order valence-corrected chi connectivity index (χ0v) is 16.2. The van der Waals surface area contributed by atoms with Gasteiger partial charge in [0.1, 0.15) is 0 Å². The molecule has 0 saturated carbocycles. The van der Waals surface area contributed by atoms with E-state index in [2.05, 4.69) is 67.9 Å². The van der Waals surface area contributed by atoms with E-state index in [4.69, 9.17) is 0 Å². The molecular weight excluding hydrogens is 320 g/mol. The van der Waals surface area contributed by atoms with Crippen molar-refractivity contribution in [1.29, 1.82) is 0 Å². The number of aromatic nitrogens is 1. The van der Waals surface area contributed by atoms with Crippen molar-refractivity contribution in [2.45, 2.75) is 53.1 Å². The van der Waals surface area contributed by atoms with Crippen LogP contribution in [0, 0.1) is 13.8 Å². The third kappa shape index (κ3) is 3.67. The highest BCUT2D eigenvalue weighted by Gasteiger charge is 2.14. The van der Waals surface area contributed by atoms with Gasteiger partial charge in [0.05, 0.1) is 0 Å². The van der Waals surface area contributed by atoms with E-state index in [1.54, 1.807) is 0 Å². The third-order valence-corrected chi connectivity index (χ3v) is 5.30. The van der Waals surface area contributed by atoms with Gasteiger partial charge in [-0.05, 0) is 69.9 Å². The highest BCUT2D eigenvalue weighted by molar-refractivity contribution is 5.99. The van der Waals surface area contributed by atoms with Gasteiger partial charge in [-0.1, -0.05) is 30.3 Å². The molecule has 1 aromatic heterocycles. The lowest BCUT2D eigenvalue weighted by molar-refractivity contribution is 0.0938. The smallest absolute Gasteiger partial charge is 0.251 e. The van der Waals surface area contributed by atoms with E-state index in [-0.39, 0.29) is 11.9 Å². The number of amides is 1. The van der Waals surface area contributed by atoms with Gasteiger partial charge < -0.3 is 9.88 Å². The Morgan fingerprint density at radius 2 is 1.85 bits per heavy atom. The van der Waals surface area contributed by atoms with Crippen molar-refractivity contribution in [2.75, 3.05) is 0 Å². The van der Waals surface area contributed by atoms with Crippen LogP contribution in [0.3, 0.4) is 0 Å². The normalized spacial score (nSPS) is 12.3. The predicted octanol–water partition coefficient (Wildman–Crippen LogP) is 5.03. The highest BCUT2D eigenvalue weighted by atomic mass is 16.1. The molecule has 2 aromatic carbocycles. The number of nitrogens with one attached hydrogen (secondary N) is 1. The molecule has 0 spiro atoms. The Morgan fingerprint density at radius 3 is 2.54 bits per heavy atom. The lowest BCUT2D eigenvalue weighted by Crippen LogP contribution is -2.32. The maximum Gasteiger partial charge on any atom is 0.251 e. The van der Waals surface area contributed by atoms with Crippen molar-refractivity contribution in [3.8, 4) is 0 Å². The summed E-state index contributed by atoms with van der Waals surface area (Å²) in [7, 11) is 0. The Bertz CT molecular complexity index is 909. The van der Waals surface area contributed by atoms with Crippen molar-refractivity contribution >= 4 is 16.8 Å². The van der Waals surface area contributed by atoms with Crippen molar-refractivity contribution in [1.82, 2.24) is 9.88 Å². The summed E-state index contributed by atoms with van der Waals surface area (Å²) >= 11 is 0. The lowest BCUT2D eigenvalue weighted by Gasteiger charge is -2.14. The van der Waals surface area contributed by atoms with E-state index in [1.165, 1.54) is 27.7 Å². The molecule has 1 atom stereocenters. The molecule has 1 N–H and O–H groups in total. The van der Waals surface area contributed by atoms with Gasteiger partial charge in [-0.2, -0.15) is 0 Å². The standard InChI is InChI=1S/C23H28N2O/c1-5-25-18(4)17(3)21-15-20(13-14-22(21)25)23(26)24-16(2)11-12-19-9-7-6-8-10-19/h6-10,13-16H,5,11-12H2,1-4H3,(H,24,26). The number of rotatable bonds is 6. The first-order chi connectivity index (χ1) is 12.5.